The Kier molecular flexibility index (Phi) is 2.64. The highest BCUT2D eigenvalue weighted by molar-refractivity contribution is 7.12. The molecule has 0 amide bonds. The van der Waals surface area contributed by atoms with Gasteiger partial charge in [0.25, 0.3) is 0 Å². The summed E-state index contributed by atoms with van der Waals surface area (Å²) in [6, 6.07) is 6.06. The van der Waals surface area contributed by atoms with E-state index >= 15 is 0 Å². The summed E-state index contributed by atoms with van der Waals surface area (Å²) in [6.07, 6.45) is 0. The molecule has 0 spiro atoms. The Morgan fingerprint density at radius 3 is 2.73 bits per heavy atom. The summed E-state index contributed by atoms with van der Waals surface area (Å²) >= 11 is 1.66. The highest BCUT2D eigenvalue weighted by atomic mass is 32.1. The van der Waals surface area contributed by atoms with Crippen molar-refractivity contribution in [3.05, 3.63) is 21.9 Å². The van der Waals surface area contributed by atoms with E-state index in [4.69, 9.17) is 5.26 Å². The molecule has 0 aromatic carbocycles. The Morgan fingerprint density at radius 1 is 1.64 bits per heavy atom. The molecule has 0 radical (unpaired) electrons. The summed E-state index contributed by atoms with van der Waals surface area (Å²) in [4.78, 5) is 2.34. The van der Waals surface area contributed by atoms with E-state index in [0.717, 1.165) is 4.88 Å². The van der Waals surface area contributed by atoms with E-state index < -0.39 is 0 Å². The van der Waals surface area contributed by atoms with Crippen molar-refractivity contribution in [3.8, 4) is 6.07 Å². The monoisotopic (exact) mass is 166 g/mol. The minimum atomic E-state index is -0.145. The zero-order chi connectivity index (χ0) is 8.27. The fourth-order valence-electron chi connectivity index (χ4n) is 0.879. The molecule has 0 saturated carbocycles. The van der Waals surface area contributed by atoms with Gasteiger partial charge < -0.3 is 5.32 Å². The van der Waals surface area contributed by atoms with Gasteiger partial charge in [0.05, 0.1) is 6.07 Å². The van der Waals surface area contributed by atoms with Crippen molar-refractivity contribution >= 4 is 11.3 Å². The van der Waals surface area contributed by atoms with Crippen molar-refractivity contribution < 1.29 is 0 Å². The van der Waals surface area contributed by atoms with Crippen LogP contribution in [0.15, 0.2) is 12.1 Å². The lowest BCUT2D eigenvalue weighted by Crippen LogP contribution is -2.12. The third-order valence-corrected chi connectivity index (χ3v) is 2.53. The Balaban J connectivity index is 2.84. The van der Waals surface area contributed by atoms with E-state index in [1.54, 1.807) is 18.4 Å². The highest BCUT2D eigenvalue weighted by Gasteiger charge is 2.08. The van der Waals surface area contributed by atoms with Crippen LogP contribution in [0, 0.1) is 18.3 Å². The van der Waals surface area contributed by atoms with E-state index in [0.29, 0.717) is 0 Å². The van der Waals surface area contributed by atoms with Crippen molar-refractivity contribution in [3.63, 3.8) is 0 Å². The third kappa shape index (κ3) is 1.79. The molecule has 1 heterocycles. The van der Waals surface area contributed by atoms with Gasteiger partial charge in [-0.15, -0.1) is 11.3 Å². The van der Waals surface area contributed by atoms with Gasteiger partial charge in [0.2, 0.25) is 0 Å². The maximum atomic E-state index is 8.68. The molecule has 1 N–H and O–H groups in total. The summed E-state index contributed by atoms with van der Waals surface area (Å²) in [5.74, 6) is 0. The SMILES string of the molecule is CNC(C#N)c1ccc(C)s1. The fraction of sp³-hybridized carbons (Fsp3) is 0.375. The number of aryl methyl sites for hydroxylation is 1. The normalized spacial score (nSPS) is 12.5. The molecule has 11 heavy (non-hydrogen) atoms. The predicted molar refractivity (Wildman–Crippen MR) is 46.5 cm³/mol. The first-order valence-electron chi connectivity index (χ1n) is 3.41. The minimum Gasteiger partial charge on any atom is -0.301 e. The van der Waals surface area contributed by atoms with Crippen molar-refractivity contribution in [1.29, 1.82) is 5.26 Å². The highest BCUT2D eigenvalue weighted by Crippen LogP contribution is 2.21. The van der Waals surface area contributed by atoms with Crippen LogP contribution in [-0.4, -0.2) is 7.05 Å². The molecule has 2 nitrogen and oxygen atoms in total. The van der Waals surface area contributed by atoms with E-state index in [1.807, 2.05) is 19.1 Å². The summed E-state index contributed by atoms with van der Waals surface area (Å²) in [5, 5.41) is 11.6. The second kappa shape index (κ2) is 3.51. The van der Waals surface area contributed by atoms with Crippen LogP contribution in [0.5, 0.6) is 0 Å². The minimum absolute atomic E-state index is 0.145. The van der Waals surface area contributed by atoms with E-state index in [1.165, 1.54) is 4.88 Å². The van der Waals surface area contributed by atoms with Gasteiger partial charge >= 0.3 is 0 Å². The van der Waals surface area contributed by atoms with Gasteiger partial charge in [-0.2, -0.15) is 5.26 Å². The summed E-state index contributed by atoms with van der Waals surface area (Å²) in [5.41, 5.74) is 0. The quantitative estimate of drug-likeness (QED) is 0.727. The fourth-order valence-corrected chi connectivity index (χ4v) is 1.81. The lowest BCUT2D eigenvalue weighted by atomic mass is 10.3. The molecule has 0 aliphatic carbocycles. The van der Waals surface area contributed by atoms with E-state index in [9.17, 15) is 0 Å². The van der Waals surface area contributed by atoms with Gasteiger partial charge in [0, 0.05) is 9.75 Å². The molecule has 0 aliphatic rings. The first kappa shape index (κ1) is 8.25. The van der Waals surface area contributed by atoms with Crippen LogP contribution in [-0.2, 0) is 0 Å². The van der Waals surface area contributed by atoms with E-state index in [2.05, 4.69) is 11.4 Å². The topological polar surface area (TPSA) is 35.8 Å². The summed E-state index contributed by atoms with van der Waals surface area (Å²) < 4.78 is 0. The second-order valence-corrected chi connectivity index (χ2v) is 3.62. The number of nitrogens with one attached hydrogen (secondary N) is 1. The maximum absolute atomic E-state index is 8.68. The van der Waals surface area contributed by atoms with Crippen LogP contribution in [0.1, 0.15) is 15.8 Å². The molecule has 1 rings (SSSR count). The number of thiophene rings is 1. The van der Waals surface area contributed by atoms with Crippen molar-refractivity contribution in [2.75, 3.05) is 7.05 Å². The number of rotatable bonds is 2. The summed E-state index contributed by atoms with van der Waals surface area (Å²) in [6.45, 7) is 2.04. The molecule has 1 unspecified atom stereocenters. The average molecular weight is 166 g/mol. The molecule has 1 aromatic heterocycles. The van der Waals surface area contributed by atoms with Crippen LogP contribution < -0.4 is 5.32 Å². The molecule has 0 aliphatic heterocycles. The summed E-state index contributed by atoms with van der Waals surface area (Å²) in [7, 11) is 1.79. The predicted octanol–water partition coefficient (Wildman–Crippen LogP) is 1.84. The number of hydrogen-bond donors (Lipinski definition) is 1. The number of nitrogens with zero attached hydrogens (tertiary/aromatic N) is 1. The first-order chi connectivity index (χ1) is 5.27. The maximum Gasteiger partial charge on any atom is 0.130 e. The van der Waals surface area contributed by atoms with Gasteiger partial charge in [-0.25, -0.2) is 0 Å². The Labute approximate surface area is 70.5 Å². The van der Waals surface area contributed by atoms with Crippen molar-refractivity contribution in [1.82, 2.24) is 5.32 Å². The molecule has 0 fully saturated rings. The Morgan fingerprint density at radius 2 is 2.36 bits per heavy atom. The van der Waals surface area contributed by atoms with Crippen LogP contribution in [0.4, 0.5) is 0 Å². The zero-order valence-corrected chi connectivity index (χ0v) is 7.40. The van der Waals surface area contributed by atoms with Crippen LogP contribution >= 0.6 is 11.3 Å². The molecular formula is C8H10N2S. The van der Waals surface area contributed by atoms with Gasteiger partial charge in [-0.3, -0.25) is 0 Å². The molecule has 58 valence electrons. The molecule has 1 atom stereocenters. The van der Waals surface area contributed by atoms with Crippen LogP contribution in [0.3, 0.4) is 0 Å². The lowest BCUT2D eigenvalue weighted by molar-refractivity contribution is 0.740. The van der Waals surface area contributed by atoms with Crippen LogP contribution in [0.25, 0.3) is 0 Å². The third-order valence-electron chi connectivity index (χ3n) is 1.46. The molecule has 0 saturated heterocycles. The Hall–Kier alpha value is -0.850. The standard InChI is InChI=1S/C8H10N2S/c1-6-3-4-8(11-6)7(5-9)10-2/h3-4,7,10H,1-2H3. The molecule has 0 bridgehead atoms. The Bertz CT molecular complexity index is 272. The van der Waals surface area contributed by atoms with E-state index in [-0.39, 0.29) is 6.04 Å². The van der Waals surface area contributed by atoms with Gasteiger partial charge in [0.15, 0.2) is 0 Å². The number of nitriles is 1. The van der Waals surface area contributed by atoms with Crippen molar-refractivity contribution in [2.45, 2.75) is 13.0 Å². The van der Waals surface area contributed by atoms with Gasteiger partial charge in [0.1, 0.15) is 6.04 Å². The largest absolute Gasteiger partial charge is 0.301 e. The lowest BCUT2D eigenvalue weighted by Gasteiger charge is -2.02. The number of hydrogen-bond acceptors (Lipinski definition) is 3. The van der Waals surface area contributed by atoms with Gasteiger partial charge in [-0.05, 0) is 26.1 Å². The van der Waals surface area contributed by atoms with Gasteiger partial charge in [-0.1, -0.05) is 0 Å². The molecule has 3 heteroatoms. The van der Waals surface area contributed by atoms with Crippen molar-refractivity contribution in [2.24, 2.45) is 0 Å². The zero-order valence-electron chi connectivity index (χ0n) is 6.59. The first-order valence-corrected chi connectivity index (χ1v) is 4.23. The average Bonchev–Trinajstić information content (AvgIpc) is 2.39. The molecular weight excluding hydrogens is 156 g/mol. The van der Waals surface area contributed by atoms with Crippen LogP contribution in [0.2, 0.25) is 0 Å². The molecule has 1 aromatic rings. The smallest absolute Gasteiger partial charge is 0.130 e. The second-order valence-electron chi connectivity index (χ2n) is 2.30.